The van der Waals surface area contributed by atoms with Gasteiger partial charge >= 0.3 is 0 Å². The minimum Gasteiger partial charge on any atom is -0.352 e. The quantitative estimate of drug-likeness (QED) is 0.647. The fourth-order valence-corrected chi connectivity index (χ4v) is 3.44. The molecule has 21 heavy (non-hydrogen) atoms. The van der Waals surface area contributed by atoms with Crippen LogP contribution < -0.4 is 10.6 Å². The zero-order valence-electron chi connectivity index (χ0n) is 12.3. The van der Waals surface area contributed by atoms with Crippen molar-refractivity contribution in [1.29, 1.82) is 0 Å². The minimum absolute atomic E-state index is 0.0139. The summed E-state index contributed by atoms with van der Waals surface area (Å²) in [6, 6.07) is -0.0359. The molecule has 0 bridgehead atoms. The zero-order chi connectivity index (χ0) is 15.1. The van der Waals surface area contributed by atoms with Gasteiger partial charge in [0.05, 0.1) is 12.6 Å². The van der Waals surface area contributed by atoms with Crippen molar-refractivity contribution < 1.29 is 9.59 Å². The van der Waals surface area contributed by atoms with E-state index in [4.69, 9.17) is 0 Å². The Morgan fingerprint density at radius 3 is 2.71 bits per heavy atom. The first-order valence-corrected chi connectivity index (χ1v) is 8.56. The highest BCUT2D eigenvalue weighted by molar-refractivity contribution is 7.99. The normalized spacial score (nSPS) is 23.6. The first kappa shape index (κ1) is 16.3. The van der Waals surface area contributed by atoms with Crippen LogP contribution in [0.5, 0.6) is 0 Å². The molecular weight excluding hydrogens is 288 g/mol. The predicted octanol–water partition coefficient (Wildman–Crippen LogP) is -0.862. The Labute approximate surface area is 130 Å². The summed E-state index contributed by atoms with van der Waals surface area (Å²) in [7, 11) is 0. The number of nitrogens with one attached hydrogen (secondary N) is 2. The van der Waals surface area contributed by atoms with Crippen LogP contribution in [0.4, 0.5) is 0 Å². The number of thioether (sulfide) groups is 1. The lowest BCUT2D eigenvalue weighted by Gasteiger charge is -2.36. The zero-order valence-corrected chi connectivity index (χ0v) is 13.2. The lowest BCUT2D eigenvalue weighted by molar-refractivity contribution is -0.135. The summed E-state index contributed by atoms with van der Waals surface area (Å²) in [5.74, 6) is 2.17. The molecule has 1 atom stereocenters. The van der Waals surface area contributed by atoms with Crippen molar-refractivity contribution in [3.05, 3.63) is 12.7 Å². The molecule has 0 aromatic carbocycles. The van der Waals surface area contributed by atoms with Crippen LogP contribution in [0.25, 0.3) is 0 Å². The average molecular weight is 312 g/mol. The van der Waals surface area contributed by atoms with Crippen molar-refractivity contribution in [3.8, 4) is 0 Å². The van der Waals surface area contributed by atoms with Crippen LogP contribution in [0.2, 0.25) is 0 Å². The second-order valence-corrected chi connectivity index (χ2v) is 6.43. The van der Waals surface area contributed by atoms with Gasteiger partial charge < -0.3 is 15.5 Å². The number of rotatable bonds is 5. The SMILES string of the molecule is C=CCNC(=O)CN1CCN(C(=O)C2CSCCN2)CC1. The molecule has 2 heterocycles. The summed E-state index contributed by atoms with van der Waals surface area (Å²) < 4.78 is 0. The Balaban J connectivity index is 1.71. The highest BCUT2D eigenvalue weighted by Crippen LogP contribution is 2.11. The second-order valence-electron chi connectivity index (χ2n) is 5.28. The first-order chi connectivity index (χ1) is 10.2. The van der Waals surface area contributed by atoms with Gasteiger partial charge in [0, 0.05) is 50.8 Å². The van der Waals surface area contributed by atoms with Gasteiger partial charge in [-0.2, -0.15) is 11.8 Å². The second kappa shape index (κ2) is 8.41. The van der Waals surface area contributed by atoms with Gasteiger partial charge in [-0.25, -0.2) is 0 Å². The van der Waals surface area contributed by atoms with E-state index in [9.17, 15) is 9.59 Å². The average Bonchev–Trinajstić information content (AvgIpc) is 2.54. The van der Waals surface area contributed by atoms with Gasteiger partial charge in [0.2, 0.25) is 11.8 Å². The number of nitrogens with zero attached hydrogens (tertiary/aromatic N) is 2. The summed E-state index contributed by atoms with van der Waals surface area (Å²) >= 11 is 1.83. The highest BCUT2D eigenvalue weighted by Gasteiger charge is 2.28. The van der Waals surface area contributed by atoms with E-state index in [2.05, 4.69) is 22.1 Å². The summed E-state index contributed by atoms with van der Waals surface area (Å²) in [5.41, 5.74) is 0. The van der Waals surface area contributed by atoms with Gasteiger partial charge in [0.15, 0.2) is 0 Å². The molecule has 0 spiro atoms. The van der Waals surface area contributed by atoms with Crippen molar-refractivity contribution in [1.82, 2.24) is 20.4 Å². The van der Waals surface area contributed by atoms with E-state index in [-0.39, 0.29) is 17.9 Å². The molecule has 0 aliphatic carbocycles. The van der Waals surface area contributed by atoms with E-state index in [1.165, 1.54) is 0 Å². The molecule has 2 fully saturated rings. The molecule has 6 nitrogen and oxygen atoms in total. The van der Waals surface area contributed by atoms with E-state index in [1.54, 1.807) is 6.08 Å². The molecule has 0 aromatic heterocycles. The molecular formula is C14H24N4O2S. The first-order valence-electron chi connectivity index (χ1n) is 7.40. The molecule has 0 radical (unpaired) electrons. The van der Waals surface area contributed by atoms with Crippen LogP contribution in [-0.2, 0) is 9.59 Å². The topological polar surface area (TPSA) is 64.7 Å². The van der Waals surface area contributed by atoms with E-state index in [0.717, 1.165) is 31.1 Å². The maximum Gasteiger partial charge on any atom is 0.240 e. The van der Waals surface area contributed by atoms with E-state index in [1.807, 2.05) is 16.7 Å². The minimum atomic E-state index is -0.0359. The molecule has 2 saturated heterocycles. The largest absolute Gasteiger partial charge is 0.352 e. The number of amides is 2. The summed E-state index contributed by atoms with van der Waals surface area (Å²) in [4.78, 5) is 28.0. The summed E-state index contributed by atoms with van der Waals surface area (Å²) in [5, 5.41) is 6.06. The van der Waals surface area contributed by atoms with Crippen molar-refractivity contribution in [2.24, 2.45) is 0 Å². The third-order valence-corrected chi connectivity index (χ3v) is 4.78. The molecule has 0 saturated carbocycles. The van der Waals surface area contributed by atoms with Crippen molar-refractivity contribution in [2.45, 2.75) is 6.04 Å². The number of piperazine rings is 1. The molecule has 7 heteroatoms. The van der Waals surface area contributed by atoms with Crippen LogP contribution >= 0.6 is 11.8 Å². The molecule has 0 aromatic rings. The van der Waals surface area contributed by atoms with Crippen molar-refractivity contribution in [3.63, 3.8) is 0 Å². The van der Waals surface area contributed by atoms with Gasteiger partial charge in [-0.05, 0) is 0 Å². The van der Waals surface area contributed by atoms with Gasteiger partial charge in [0.1, 0.15) is 0 Å². The van der Waals surface area contributed by atoms with Gasteiger partial charge in [0.25, 0.3) is 0 Å². The Kier molecular flexibility index (Phi) is 6.53. The lowest BCUT2D eigenvalue weighted by atomic mass is 10.2. The van der Waals surface area contributed by atoms with Crippen LogP contribution in [0, 0.1) is 0 Å². The third-order valence-electron chi connectivity index (χ3n) is 3.71. The molecule has 2 aliphatic heterocycles. The van der Waals surface area contributed by atoms with Crippen LogP contribution in [0.3, 0.4) is 0 Å². The van der Waals surface area contributed by atoms with Crippen molar-refractivity contribution >= 4 is 23.6 Å². The number of carbonyl (C=O) groups excluding carboxylic acids is 2. The molecule has 1 unspecified atom stereocenters. The monoisotopic (exact) mass is 312 g/mol. The van der Waals surface area contributed by atoms with E-state index in [0.29, 0.717) is 26.2 Å². The third kappa shape index (κ3) is 5.01. The Hall–Kier alpha value is -1.05. The van der Waals surface area contributed by atoms with Crippen LogP contribution in [0.1, 0.15) is 0 Å². The fraction of sp³-hybridized carbons (Fsp3) is 0.714. The Bertz CT molecular complexity index is 377. The van der Waals surface area contributed by atoms with Crippen molar-refractivity contribution in [2.75, 3.05) is 57.3 Å². The predicted molar refractivity (Wildman–Crippen MR) is 85.3 cm³/mol. The van der Waals surface area contributed by atoms with E-state index < -0.39 is 0 Å². The Morgan fingerprint density at radius 2 is 2.10 bits per heavy atom. The lowest BCUT2D eigenvalue weighted by Crippen LogP contribution is -2.56. The van der Waals surface area contributed by atoms with Gasteiger partial charge in [-0.15, -0.1) is 6.58 Å². The fourth-order valence-electron chi connectivity index (χ4n) is 2.52. The molecule has 2 rings (SSSR count). The number of hydrogen-bond acceptors (Lipinski definition) is 5. The maximum atomic E-state index is 12.4. The van der Waals surface area contributed by atoms with Gasteiger partial charge in [-0.3, -0.25) is 14.5 Å². The van der Waals surface area contributed by atoms with Crippen LogP contribution in [-0.4, -0.2) is 85.0 Å². The van der Waals surface area contributed by atoms with E-state index >= 15 is 0 Å². The Morgan fingerprint density at radius 1 is 1.33 bits per heavy atom. The molecule has 2 N–H and O–H groups in total. The van der Waals surface area contributed by atoms with Gasteiger partial charge in [-0.1, -0.05) is 6.08 Å². The van der Waals surface area contributed by atoms with Crippen LogP contribution in [0.15, 0.2) is 12.7 Å². The summed E-state index contributed by atoms with van der Waals surface area (Å²) in [6.07, 6.45) is 1.67. The number of hydrogen-bond donors (Lipinski definition) is 2. The maximum absolute atomic E-state index is 12.4. The molecule has 118 valence electrons. The number of carbonyl (C=O) groups is 2. The summed E-state index contributed by atoms with van der Waals surface area (Å²) in [6.45, 7) is 8.30. The smallest absolute Gasteiger partial charge is 0.240 e. The molecule has 2 aliphatic rings. The standard InChI is InChI=1S/C14H24N4O2S/c1-2-3-16-13(19)10-17-5-7-18(8-6-17)14(20)12-11-21-9-4-15-12/h2,12,15H,1,3-11H2,(H,16,19). The molecule has 2 amide bonds. The highest BCUT2D eigenvalue weighted by atomic mass is 32.2.